The van der Waals surface area contributed by atoms with Gasteiger partial charge in [-0.1, -0.05) is 11.6 Å². The van der Waals surface area contributed by atoms with E-state index in [2.05, 4.69) is 4.98 Å². The van der Waals surface area contributed by atoms with Crippen molar-refractivity contribution in [3.63, 3.8) is 0 Å². The molecule has 1 heterocycles. The molecule has 12 heteroatoms. The molecule has 1 aromatic heterocycles. The van der Waals surface area contributed by atoms with Crippen molar-refractivity contribution in [2.24, 2.45) is 0 Å². The molecule has 4 rings (SSSR count). The summed E-state index contributed by atoms with van der Waals surface area (Å²) in [7, 11) is -4.32. The van der Waals surface area contributed by atoms with Crippen LogP contribution in [0.4, 0.5) is 10.1 Å². The summed E-state index contributed by atoms with van der Waals surface area (Å²) in [5.41, 5.74) is 0.824. The van der Waals surface area contributed by atoms with Gasteiger partial charge in [-0.3, -0.25) is 14.3 Å². The Morgan fingerprint density at radius 1 is 1.20 bits per heavy atom. The Morgan fingerprint density at radius 2 is 1.91 bits per heavy atom. The average molecular weight is 525 g/mol. The van der Waals surface area contributed by atoms with E-state index >= 15 is 0 Å². The van der Waals surface area contributed by atoms with Gasteiger partial charge in [0.15, 0.2) is 0 Å². The molecule has 1 fully saturated rings. The lowest BCUT2D eigenvalue weighted by atomic mass is 9.95. The number of halogens is 2. The molecular weight excluding hydrogens is 503 g/mol. The first-order chi connectivity index (χ1) is 16.6. The minimum atomic E-state index is -4.32. The van der Waals surface area contributed by atoms with Gasteiger partial charge >= 0.3 is 0 Å². The molecule has 0 N–H and O–H groups in total. The smallest absolute Gasteiger partial charge is 0.298 e. The predicted octanol–water partition coefficient (Wildman–Crippen LogP) is 5.58. The summed E-state index contributed by atoms with van der Waals surface area (Å²) in [5.74, 6) is 0.561. The Bertz CT molecular complexity index is 1330. The summed E-state index contributed by atoms with van der Waals surface area (Å²) in [6.45, 7) is 1.90. The van der Waals surface area contributed by atoms with Crippen LogP contribution in [0, 0.1) is 22.9 Å². The van der Waals surface area contributed by atoms with Crippen LogP contribution in [0.25, 0.3) is 11.5 Å². The number of aryl methyl sites for hydroxylation is 1. The molecule has 0 spiro atoms. The second-order valence-corrected chi connectivity index (χ2v) is 10.1. The van der Waals surface area contributed by atoms with Crippen molar-refractivity contribution in [1.82, 2.24) is 4.98 Å². The molecule has 0 saturated heterocycles. The highest BCUT2D eigenvalue weighted by Crippen LogP contribution is 2.32. The monoisotopic (exact) mass is 524 g/mol. The van der Waals surface area contributed by atoms with Crippen molar-refractivity contribution in [3.8, 4) is 11.5 Å². The maximum absolute atomic E-state index is 13.2. The molecule has 0 bridgehead atoms. The number of nitro groups is 1. The third kappa shape index (κ3) is 6.04. The van der Waals surface area contributed by atoms with Crippen molar-refractivity contribution in [1.29, 1.82) is 0 Å². The number of ether oxygens (including phenoxy) is 1. The molecule has 0 amide bonds. The quantitative estimate of drug-likeness (QED) is 0.212. The molecular formula is C23H22ClFN2O7S. The van der Waals surface area contributed by atoms with Gasteiger partial charge in [-0.2, -0.15) is 8.42 Å². The first-order valence-corrected chi connectivity index (χ1v) is 12.6. The Kier molecular flexibility index (Phi) is 7.50. The Morgan fingerprint density at radius 3 is 2.63 bits per heavy atom. The summed E-state index contributed by atoms with van der Waals surface area (Å²) in [6.07, 6.45) is 1.24. The SMILES string of the molecule is Cc1oc(-c2ccc(F)cc2)nc1CO[C@@H]1CCC[C@H](OS(=O)(=O)c2cc([N+](=O)[O-])ccc2Cl)C1. The summed E-state index contributed by atoms with van der Waals surface area (Å²) in [4.78, 5) is 14.3. The highest BCUT2D eigenvalue weighted by Gasteiger charge is 2.31. The Balaban J connectivity index is 1.39. The third-order valence-corrected chi connectivity index (χ3v) is 7.52. The topological polar surface area (TPSA) is 122 Å². The predicted molar refractivity (Wildman–Crippen MR) is 124 cm³/mol. The van der Waals surface area contributed by atoms with Crippen molar-refractivity contribution < 1.29 is 31.1 Å². The number of non-ortho nitro benzene ring substituents is 1. The highest BCUT2D eigenvalue weighted by molar-refractivity contribution is 7.87. The lowest BCUT2D eigenvalue weighted by molar-refractivity contribution is -0.385. The van der Waals surface area contributed by atoms with Gasteiger partial charge in [0.2, 0.25) is 5.89 Å². The number of benzene rings is 2. The summed E-state index contributed by atoms with van der Waals surface area (Å²) >= 11 is 5.98. The number of aromatic nitrogens is 1. The maximum Gasteiger partial charge on any atom is 0.298 e. The van der Waals surface area contributed by atoms with Crippen molar-refractivity contribution in [2.45, 2.75) is 56.3 Å². The lowest BCUT2D eigenvalue weighted by Crippen LogP contribution is -2.30. The highest BCUT2D eigenvalue weighted by atomic mass is 35.5. The minimum Gasteiger partial charge on any atom is -0.441 e. The van der Waals surface area contributed by atoms with Crippen molar-refractivity contribution >= 4 is 27.4 Å². The van der Waals surface area contributed by atoms with Crippen LogP contribution in [-0.2, 0) is 25.6 Å². The molecule has 0 radical (unpaired) electrons. The van der Waals surface area contributed by atoms with Gasteiger partial charge in [-0.15, -0.1) is 0 Å². The minimum absolute atomic E-state index is 0.150. The second-order valence-electron chi connectivity index (χ2n) is 8.17. The van der Waals surface area contributed by atoms with Crippen LogP contribution < -0.4 is 0 Å². The molecule has 0 unspecified atom stereocenters. The number of nitro benzene ring substituents is 1. The zero-order valence-electron chi connectivity index (χ0n) is 18.6. The molecule has 2 aromatic carbocycles. The molecule has 1 aliphatic rings. The van der Waals surface area contributed by atoms with Gasteiger partial charge < -0.3 is 9.15 Å². The number of oxazole rings is 1. The van der Waals surface area contributed by atoms with E-state index in [4.69, 9.17) is 24.9 Å². The first-order valence-electron chi connectivity index (χ1n) is 10.8. The van der Waals surface area contributed by atoms with E-state index in [0.29, 0.717) is 48.6 Å². The molecule has 2 atom stereocenters. The summed E-state index contributed by atoms with van der Waals surface area (Å²) in [5, 5.41) is 10.9. The third-order valence-electron chi connectivity index (χ3n) is 5.68. The van der Waals surface area contributed by atoms with Crippen LogP contribution in [0.2, 0.25) is 5.02 Å². The lowest BCUT2D eigenvalue weighted by Gasteiger charge is -2.28. The van der Waals surface area contributed by atoms with Gasteiger partial charge in [0.25, 0.3) is 15.8 Å². The van der Waals surface area contributed by atoms with Crippen molar-refractivity contribution in [3.05, 3.63) is 74.9 Å². The zero-order valence-corrected chi connectivity index (χ0v) is 20.2. The normalized spacial score (nSPS) is 18.5. The number of nitrogens with zero attached hydrogens (tertiary/aromatic N) is 2. The molecule has 3 aromatic rings. The van der Waals surface area contributed by atoms with Crippen LogP contribution in [-0.4, -0.2) is 30.5 Å². The van der Waals surface area contributed by atoms with Gasteiger partial charge in [0.05, 0.1) is 28.8 Å². The molecule has 9 nitrogen and oxygen atoms in total. The van der Waals surface area contributed by atoms with Gasteiger partial charge in [-0.05, 0) is 56.5 Å². The summed E-state index contributed by atoms with van der Waals surface area (Å²) in [6, 6.07) is 8.96. The standard InChI is InChI=1S/C23H22ClFN2O7S/c1-14-21(26-23(33-14)15-5-7-16(25)8-6-15)13-32-18-3-2-4-19(12-18)34-35(30,31)22-11-17(27(28)29)9-10-20(22)24/h5-11,18-19H,2-4,12-13H2,1H3/t18-,19+/m1/s1. The fourth-order valence-corrected chi connectivity index (χ4v) is 5.45. The maximum atomic E-state index is 13.2. The molecule has 186 valence electrons. The fraction of sp³-hybridized carbons (Fsp3) is 0.348. The van der Waals surface area contributed by atoms with E-state index in [1.807, 2.05) is 0 Å². The van der Waals surface area contributed by atoms with Crippen LogP contribution >= 0.6 is 11.6 Å². The number of hydrogen-bond acceptors (Lipinski definition) is 8. The zero-order chi connectivity index (χ0) is 25.2. The first kappa shape index (κ1) is 25.2. The van der Waals surface area contributed by atoms with E-state index in [1.54, 1.807) is 19.1 Å². The van der Waals surface area contributed by atoms with Gasteiger partial charge in [0, 0.05) is 24.1 Å². The Hall–Kier alpha value is -2.86. The van der Waals surface area contributed by atoms with Crippen molar-refractivity contribution in [2.75, 3.05) is 0 Å². The molecule has 35 heavy (non-hydrogen) atoms. The molecule has 1 aliphatic carbocycles. The van der Waals surface area contributed by atoms with E-state index in [0.717, 1.165) is 18.2 Å². The number of hydrogen-bond donors (Lipinski definition) is 0. The number of rotatable bonds is 8. The van der Waals surface area contributed by atoms with E-state index in [9.17, 15) is 22.9 Å². The van der Waals surface area contributed by atoms with Crippen LogP contribution in [0.15, 0.2) is 51.8 Å². The summed E-state index contributed by atoms with van der Waals surface area (Å²) < 4.78 is 55.7. The largest absolute Gasteiger partial charge is 0.441 e. The average Bonchev–Trinajstić information content (AvgIpc) is 3.18. The van der Waals surface area contributed by atoms with E-state index < -0.39 is 31.7 Å². The van der Waals surface area contributed by atoms with Gasteiger partial charge in [0.1, 0.15) is 22.2 Å². The van der Waals surface area contributed by atoms with Crippen LogP contribution in [0.3, 0.4) is 0 Å². The second kappa shape index (κ2) is 10.4. The van der Waals surface area contributed by atoms with Gasteiger partial charge in [-0.25, -0.2) is 9.37 Å². The Labute approximate surface area is 206 Å². The van der Waals surface area contributed by atoms with E-state index in [1.165, 1.54) is 12.1 Å². The van der Waals surface area contributed by atoms with E-state index in [-0.39, 0.29) is 23.6 Å². The van der Waals surface area contributed by atoms with Crippen LogP contribution in [0.5, 0.6) is 0 Å². The molecule has 1 saturated carbocycles. The molecule has 0 aliphatic heterocycles. The van der Waals surface area contributed by atoms with Crippen LogP contribution in [0.1, 0.15) is 37.1 Å². The fourth-order valence-electron chi connectivity index (χ4n) is 3.84.